The Morgan fingerprint density at radius 2 is 2.19 bits per heavy atom. The van der Waals surface area contributed by atoms with Gasteiger partial charge in [0, 0.05) is 4.47 Å². The first-order valence-electron chi connectivity index (χ1n) is 5.47. The minimum absolute atomic E-state index is 0.0339. The van der Waals surface area contributed by atoms with Crippen LogP contribution >= 0.6 is 15.9 Å². The van der Waals surface area contributed by atoms with E-state index in [1.807, 2.05) is 12.1 Å². The molecule has 0 aliphatic carbocycles. The van der Waals surface area contributed by atoms with Gasteiger partial charge < -0.3 is 4.74 Å². The number of carbonyl (C=O) groups excluding carboxylic acids is 1. The molecule has 0 radical (unpaired) electrons. The van der Waals surface area contributed by atoms with E-state index in [9.17, 15) is 4.79 Å². The van der Waals surface area contributed by atoms with Gasteiger partial charge in [0.25, 0.3) is 0 Å². The molecular weight excluding hydrogens is 268 g/mol. The highest BCUT2D eigenvalue weighted by molar-refractivity contribution is 9.10. The van der Waals surface area contributed by atoms with Crippen molar-refractivity contribution >= 4 is 21.7 Å². The van der Waals surface area contributed by atoms with Gasteiger partial charge in [-0.15, -0.1) is 0 Å². The number of rotatable bonds is 5. The summed E-state index contributed by atoms with van der Waals surface area (Å²) in [6, 6.07) is 5.49. The number of ketones is 1. The molecule has 1 atom stereocenters. The summed E-state index contributed by atoms with van der Waals surface area (Å²) in [6.07, 6.45) is 1.07. The van der Waals surface area contributed by atoms with Gasteiger partial charge in [-0.3, -0.25) is 4.79 Å². The maximum Gasteiger partial charge on any atom is 0.163 e. The van der Waals surface area contributed by atoms with Crippen LogP contribution < -0.4 is 4.74 Å². The van der Waals surface area contributed by atoms with Crippen molar-refractivity contribution in [3.63, 3.8) is 0 Å². The predicted octanol–water partition coefficient (Wildman–Crippen LogP) is 4.08. The molecule has 1 aromatic carbocycles. The molecular formula is C13H17BrO2. The number of ether oxygens (including phenoxy) is 1. The molecule has 3 heteroatoms. The van der Waals surface area contributed by atoms with Crippen molar-refractivity contribution in [2.75, 3.05) is 6.61 Å². The van der Waals surface area contributed by atoms with E-state index in [0.29, 0.717) is 23.8 Å². The van der Waals surface area contributed by atoms with Crippen molar-refractivity contribution < 1.29 is 9.53 Å². The van der Waals surface area contributed by atoms with Crippen LogP contribution in [0.5, 0.6) is 5.75 Å². The third kappa shape index (κ3) is 3.63. The maximum atomic E-state index is 11.4. The lowest BCUT2D eigenvalue weighted by Crippen LogP contribution is -2.09. The van der Waals surface area contributed by atoms with Crippen molar-refractivity contribution in [2.24, 2.45) is 5.92 Å². The molecule has 1 unspecified atom stereocenters. The molecule has 2 nitrogen and oxygen atoms in total. The molecule has 1 rings (SSSR count). The van der Waals surface area contributed by atoms with Crippen molar-refractivity contribution in [3.05, 3.63) is 28.2 Å². The SMILES string of the molecule is CCC(C)COc1cc(Br)ccc1C(C)=O. The smallest absolute Gasteiger partial charge is 0.163 e. The molecule has 0 heterocycles. The second-order valence-electron chi connectivity index (χ2n) is 4.02. The molecule has 88 valence electrons. The fourth-order valence-electron chi connectivity index (χ4n) is 1.26. The first kappa shape index (κ1) is 13.2. The zero-order valence-electron chi connectivity index (χ0n) is 9.92. The summed E-state index contributed by atoms with van der Waals surface area (Å²) in [7, 11) is 0. The summed E-state index contributed by atoms with van der Waals surface area (Å²) in [5.41, 5.74) is 0.645. The number of hydrogen-bond acceptors (Lipinski definition) is 2. The molecule has 0 aliphatic heterocycles. The summed E-state index contributed by atoms with van der Waals surface area (Å²) in [4.78, 5) is 11.4. The van der Waals surface area contributed by atoms with Crippen LogP contribution in [0.1, 0.15) is 37.6 Å². The van der Waals surface area contributed by atoms with Crippen LogP contribution in [-0.4, -0.2) is 12.4 Å². The minimum atomic E-state index is 0.0339. The first-order valence-corrected chi connectivity index (χ1v) is 6.27. The first-order chi connectivity index (χ1) is 7.54. The molecule has 16 heavy (non-hydrogen) atoms. The largest absolute Gasteiger partial charge is 0.493 e. The van der Waals surface area contributed by atoms with Crippen molar-refractivity contribution in [3.8, 4) is 5.75 Å². The number of halogens is 1. The molecule has 0 N–H and O–H groups in total. The monoisotopic (exact) mass is 284 g/mol. The van der Waals surface area contributed by atoms with Gasteiger partial charge in [-0.05, 0) is 31.0 Å². The van der Waals surface area contributed by atoms with Crippen molar-refractivity contribution in [2.45, 2.75) is 27.2 Å². The average molecular weight is 285 g/mol. The van der Waals surface area contributed by atoms with Gasteiger partial charge in [-0.2, -0.15) is 0 Å². The van der Waals surface area contributed by atoms with E-state index in [1.54, 1.807) is 13.0 Å². The quantitative estimate of drug-likeness (QED) is 0.762. The van der Waals surface area contributed by atoms with Crippen LogP contribution in [0.4, 0.5) is 0 Å². The van der Waals surface area contributed by atoms with E-state index in [2.05, 4.69) is 29.8 Å². The summed E-state index contributed by atoms with van der Waals surface area (Å²) in [5, 5.41) is 0. The number of carbonyl (C=O) groups is 1. The van der Waals surface area contributed by atoms with Gasteiger partial charge in [0.1, 0.15) is 5.75 Å². The zero-order chi connectivity index (χ0) is 12.1. The normalized spacial score (nSPS) is 12.2. The lowest BCUT2D eigenvalue weighted by molar-refractivity contribution is 0.101. The van der Waals surface area contributed by atoms with Crippen LogP contribution in [0.2, 0.25) is 0 Å². The molecule has 1 aromatic rings. The highest BCUT2D eigenvalue weighted by atomic mass is 79.9. The average Bonchev–Trinajstić information content (AvgIpc) is 2.25. The maximum absolute atomic E-state index is 11.4. The zero-order valence-corrected chi connectivity index (χ0v) is 11.5. The number of Topliss-reactive ketones (excluding diaryl/α,β-unsaturated/α-hetero) is 1. The lowest BCUT2D eigenvalue weighted by atomic mass is 10.1. The van der Waals surface area contributed by atoms with E-state index in [1.165, 1.54) is 0 Å². The minimum Gasteiger partial charge on any atom is -0.493 e. The van der Waals surface area contributed by atoms with Crippen molar-refractivity contribution in [1.29, 1.82) is 0 Å². The van der Waals surface area contributed by atoms with E-state index < -0.39 is 0 Å². The van der Waals surface area contributed by atoms with E-state index in [0.717, 1.165) is 10.9 Å². The van der Waals surface area contributed by atoms with Gasteiger partial charge in [0.2, 0.25) is 0 Å². The summed E-state index contributed by atoms with van der Waals surface area (Å²) < 4.78 is 6.61. The second kappa shape index (κ2) is 6.04. The van der Waals surface area contributed by atoms with Gasteiger partial charge >= 0.3 is 0 Å². The molecule has 0 bridgehead atoms. The molecule has 0 spiro atoms. The fraction of sp³-hybridized carbons (Fsp3) is 0.462. The Morgan fingerprint density at radius 3 is 2.75 bits per heavy atom. The van der Waals surface area contributed by atoms with Gasteiger partial charge in [-0.1, -0.05) is 36.2 Å². The highest BCUT2D eigenvalue weighted by Crippen LogP contribution is 2.24. The van der Waals surface area contributed by atoms with Crippen molar-refractivity contribution in [1.82, 2.24) is 0 Å². The molecule has 0 saturated heterocycles. The summed E-state index contributed by atoms with van der Waals surface area (Å²) in [6.45, 7) is 6.46. The van der Waals surface area contributed by atoms with Crippen LogP contribution in [0.3, 0.4) is 0 Å². The number of hydrogen-bond donors (Lipinski definition) is 0. The Morgan fingerprint density at radius 1 is 1.50 bits per heavy atom. The Kier molecular flexibility index (Phi) is 5.00. The van der Waals surface area contributed by atoms with Crippen LogP contribution in [0.15, 0.2) is 22.7 Å². The third-order valence-corrected chi connectivity index (χ3v) is 3.04. The molecule has 0 fully saturated rings. The van der Waals surface area contributed by atoms with Gasteiger partial charge in [-0.25, -0.2) is 0 Å². The van der Waals surface area contributed by atoms with E-state index >= 15 is 0 Å². The molecule has 0 saturated carbocycles. The second-order valence-corrected chi connectivity index (χ2v) is 4.94. The lowest BCUT2D eigenvalue weighted by Gasteiger charge is -2.13. The molecule has 0 aliphatic rings. The van der Waals surface area contributed by atoms with E-state index in [4.69, 9.17) is 4.74 Å². The Labute approximate surface area is 105 Å². The Balaban J connectivity index is 2.84. The predicted molar refractivity (Wildman–Crippen MR) is 69.1 cm³/mol. The number of benzene rings is 1. The summed E-state index contributed by atoms with van der Waals surface area (Å²) in [5.74, 6) is 1.20. The Hall–Kier alpha value is -0.830. The van der Waals surface area contributed by atoms with Gasteiger partial charge in [0.15, 0.2) is 5.78 Å². The highest BCUT2D eigenvalue weighted by Gasteiger charge is 2.10. The molecule has 0 amide bonds. The van der Waals surface area contributed by atoms with Crippen LogP contribution in [-0.2, 0) is 0 Å². The topological polar surface area (TPSA) is 26.3 Å². The summed E-state index contributed by atoms with van der Waals surface area (Å²) >= 11 is 3.38. The van der Waals surface area contributed by atoms with Crippen LogP contribution in [0, 0.1) is 5.92 Å². The van der Waals surface area contributed by atoms with E-state index in [-0.39, 0.29) is 5.78 Å². The molecule has 0 aromatic heterocycles. The Bertz CT molecular complexity index is 374. The standard InChI is InChI=1S/C13H17BrO2/c1-4-9(2)8-16-13-7-11(14)5-6-12(13)10(3)15/h5-7,9H,4,8H2,1-3H3. The van der Waals surface area contributed by atoms with Gasteiger partial charge in [0.05, 0.1) is 12.2 Å². The fourth-order valence-corrected chi connectivity index (χ4v) is 1.60. The third-order valence-electron chi connectivity index (χ3n) is 2.54. The van der Waals surface area contributed by atoms with Crippen LogP contribution in [0.25, 0.3) is 0 Å².